The van der Waals surface area contributed by atoms with Gasteiger partial charge >= 0.3 is 0 Å². The second-order valence-electron chi connectivity index (χ2n) is 6.09. The lowest BCUT2D eigenvalue weighted by molar-refractivity contribution is -0.126. The van der Waals surface area contributed by atoms with E-state index in [1.807, 2.05) is 61.5 Å². The van der Waals surface area contributed by atoms with Gasteiger partial charge in [-0.2, -0.15) is 4.98 Å². The summed E-state index contributed by atoms with van der Waals surface area (Å²) in [6.45, 7) is 4.17. The van der Waals surface area contributed by atoms with E-state index in [0.29, 0.717) is 18.3 Å². The highest BCUT2D eigenvalue weighted by Crippen LogP contribution is 2.19. The predicted octanol–water partition coefficient (Wildman–Crippen LogP) is 3.44. The van der Waals surface area contributed by atoms with Crippen molar-refractivity contribution in [1.82, 2.24) is 15.5 Å². The molecule has 3 aromatic rings. The molecule has 1 heterocycles. The fraction of sp³-hybridized carbons (Fsp3) is 0.250. The molecule has 0 radical (unpaired) electrons. The zero-order valence-electron chi connectivity index (χ0n) is 14.8. The summed E-state index contributed by atoms with van der Waals surface area (Å²) in [5.74, 6) is 0.627. The van der Waals surface area contributed by atoms with Crippen LogP contribution in [0.5, 0.6) is 0 Å². The Balaban J connectivity index is 1.50. The molecule has 0 aliphatic heterocycles. The van der Waals surface area contributed by atoms with Crippen LogP contribution in [0, 0.1) is 6.92 Å². The Labute approximate surface area is 152 Å². The number of benzene rings is 2. The van der Waals surface area contributed by atoms with E-state index in [4.69, 9.17) is 9.26 Å². The Morgan fingerprint density at radius 2 is 1.88 bits per heavy atom. The van der Waals surface area contributed by atoms with Crippen molar-refractivity contribution in [1.29, 1.82) is 0 Å². The van der Waals surface area contributed by atoms with Crippen molar-refractivity contribution < 1.29 is 14.1 Å². The maximum Gasteiger partial charge on any atom is 0.249 e. The van der Waals surface area contributed by atoms with Crippen LogP contribution in [0.1, 0.15) is 30.0 Å². The van der Waals surface area contributed by atoms with Crippen LogP contribution in [0.15, 0.2) is 59.1 Å². The van der Waals surface area contributed by atoms with E-state index >= 15 is 0 Å². The molecule has 0 aliphatic carbocycles. The minimum Gasteiger partial charge on any atom is -0.367 e. The number of carbonyl (C=O) groups is 1. The second-order valence-corrected chi connectivity index (χ2v) is 6.09. The Bertz CT molecular complexity index is 844. The molecule has 134 valence electrons. The van der Waals surface area contributed by atoms with Crippen LogP contribution in [0.3, 0.4) is 0 Å². The number of aryl methyl sites for hydroxylation is 1. The van der Waals surface area contributed by atoms with Gasteiger partial charge in [0.2, 0.25) is 17.6 Å². The average Bonchev–Trinajstić information content (AvgIpc) is 3.13. The van der Waals surface area contributed by atoms with Gasteiger partial charge in [0.25, 0.3) is 0 Å². The van der Waals surface area contributed by atoms with E-state index < -0.39 is 6.04 Å². The average molecular weight is 351 g/mol. The first kappa shape index (κ1) is 17.8. The van der Waals surface area contributed by atoms with Crippen LogP contribution in [0.2, 0.25) is 0 Å². The molecule has 6 heteroatoms. The number of nitrogens with one attached hydrogen (secondary N) is 1. The van der Waals surface area contributed by atoms with Gasteiger partial charge in [0.15, 0.2) is 0 Å². The van der Waals surface area contributed by atoms with Gasteiger partial charge in [-0.15, -0.1) is 0 Å². The Morgan fingerprint density at radius 3 is 2.62 bits per heavy atom. The van der Waals surface area contributed by atoms with Crippen LogP contribution in [0.25, 0.3) is 11.4 Å². The molecule has 6 nitrogen and oxygen atoms in total. The van der Waals surface area contributed by atoms with Gasteiger partial charge in [-0.1, -0.05) is 65.3 Å². The number of aromatic nitrogens is 2. The van der Waals surface area contributed by atoms with E-state index in [2.05, 4.69) is 15.5 Å². The Morgan fingerprint density at radius 1 is 1.15 bits per heavy atom. The van der Waals surface area contributed by atoms with Gasteiger partial charge in [0, 0.05) is 5.56 Å². The zero-order valence-corrected chi connectivity index (χ0v) is 14.8. The van der Waals surface area contributed by atoms with Crippen molar-refractivity contribution in [3.8, 4) is 11.4 Å². The molecule has 1 N–H and O–H groups in total. The van der Waals surface area contributed by atoms with E-state index in [1.54, 1.807) is 6.92 Å². The minimum absolute atomic E-state index is 0.0296. The molecule has 26 heavy (non-hydrogen) atoms. The standard InChI is InChI=1S/C20H21N3O3/c1-14-8-10-17(11-9-14)19-22-20(26-23-19)15(2)21-18(24)13-25-12-16-6-4-3-5-7-16/h3-11,15H,12-13H2,1-2H3,(H,21,24)/t15-/m0/s1. The third-order valence-corrected chi connectivity index (χ3v) is 3.84. The van der Waals surface area contributed by atoms with Crippen molar-refractivity contribution in [2.75, 3.05) is 6.61 Å². The molecule has 0 aliphatic rings. The quantitative estimate of drug-likeness (QED) is 0.705. The van der Waals surface area contributed by atoms with Crippen molar-refractivity contribution in [3.05, 3.63) is 71.6 Å². The van der Waals surface area contributed by atoms with Crippen LogP contribution in [-0.2, 0) is 16.1 Å². The molecule has 0 spiro atoms. The van der Waals surface area contributed by atoms with Gasteiger partial charge in [-0.25, -0.2) is 0 Å². The van der Waals surface area contributed by atoms with E-state index in [0.717, 1.165) is 16.7 Å². The predicted molar refractivity (Wildman–Crippen MR) is 97.1 cm³/mol. The molecule has 1 aromatic heterocycles. The summed E-state index contributed by atoms with van der Waals surface area (Å²) in [6, 6.07) is 17.2. The maximum atomic E-state index is 12.0. The van der Waals surface area contributed by atoms with Crippen molar-refractivity contribution in [3.63, 3.8) is 0 Å². The maximum absolute atomic E-state index is 12.0. The first-order chi connectivity index (χ1) is 12.6. The third kappa shape index (κ3) is 4.77. The Kier molecular flexibility index (Phi) is 5.76. The summed E-state index contributed by atoms with van der Waals surface area (Å²) in [4.78, 5) is 16.4. The number of carbonyl (C=O) groups excluding carboxylic acids is 1. The highest BCUT2D eigenvalue weighted by atomic mass is 16.5. The van der Waals surface area contributed by atoms with Gasteiger partial charge in [0.1, 0.15) is 12.6 Å². The molecule has 0 saturated heterocycles. The van der Waals surface area contributed by atoms with Crippen LogP contribution in [0.4, 0.5) is 0 Å². The largest absolute Gasteiger partial charge is 0.367 e. The second kappa shape index (κ2) is 8.40. The SMILES string of the molecule is Cc1ccc(-c2noc([C@H](C)NC(=O)COCc3ccccc3)n2)cc1. The summed E-state index contributed by atoms with van der Waals surface area (Å²) in [5, 5.41) is 6.77. The van der Waals surface area contributed by atoms with Crippen LogP contribution in [-0.4, -0.2) is 22.7 Å². The summed E-state index contributed by atoms with van der Waals surface area (Å²) in [7, 11) is 0. The normalized spacial score (nSPS) is 11.9. The van der Waals surface area contributed by atoms with Crippen molar-refractivity contribution in [2.45, 2.75) is 26.5 Å². The fourth-order valence-electron chi connectivity index (χ4n) is 2.41. The summed E-state index contributed by atoms with van der Waals surface area (Å²) < 4.78 is 10.7. The van der Waals surface area contributed by atoms with Gasteiger partial charge < -0.3 is 14.6 Å². The summed E-state index contributed by atoms with van der Waals surface area (Å²) in [6.07, 6.45) is 0. The molecule has 2 aromatic carbocycles. The molecule has 3 rings (SSSR count). The van der Waals surface area contributed by atoms with Gasteiger partial charge in [0.05, 0.1) is 6.61 Å². The van der Waals surface area contributed by atoms with Crippen molar-refractivity contribution in [2.24, 2.45) is 0 Å². The van der Waals surface area contributed by atoms with E-state index in [9.17, 15) is 4.79 Å². The lowest BCUT2D eigenvalue weighted by Crippen LogP contribution is -2.30. The first-order valence-electron chi connectivity index (χ1n) is 8.43. The fourth-order valence-corrected chi connectivity index (χ4v) is 2.41. The van der Waals surface area contributed by atoms with Crippen molar-refractivity contribution >= 4 is 5.91 Å². The third-order valence-electron chi connectivity index (χ3n) is 3.84. The van der Waals surface area contributed by atoms with E-state index in [-0.39, 0.29) is 12.5 Å². The lowest BCUT2D eigenvalue weighted by Gasteiger charge is -2.10. The molecule has 0 unspecified atom stereocenters. The number of hydrogen-bond donors (Lipinski definition) is 1. The molecule has 1 atom stereocenters. The molecule has 0 bridgehead atoms. The van der Waals surface area contributed by atoms with Crippen LogP contribution >= 0.6 is 0 Å². The molecular weight excluding hydrogens is 330 g/mol. The molecule has 1 amide bonds. The molecular formula is C20H21N3O3. The molecule has 0 fully saturated rings. The highest BCUT2D eigenvalue weighted by molar-refractivity contribution is 5.77. The summed E-state index contributed by atoms with van der Waals surface area (Å²) >= 11 is 0. The highest BCUT2D eigenvalue weighted by Gasteiger charge is 2.17. The number of hydrogen-bond acceptors (Lipinski definition) is 5. The topological polar surface area (TPSA) is 77.2 Å². The van der Waals surface area contributed by atoms with Gasteiger partial charge in [-0.05, 0) is 19.4 Å². The van der Waals surface area contributed by atoms with Gasteiger partial charge in [-0.3, -0.25) is 4.79 Å². The number of ether oxygens (including phenoxy) is 1. The van der Waals surface area contributed by atoms with Crippen LogP contribution < -0.4 is 5.32 Å². The smallest absolute Gasteiger partial charge is 0.249 e. The molecule has 0 saturated carbocycles. The zero-order chi connectivity index (χ0) is 18.4. The minimum atomic E-state index is -0.394. The number of rotatable bonds is 7. The van der Waals surface area contributed by atoms with E-state index in [1.165, 1.54) is 0 Å². The summed E-state index contributed by atoms with van der Waals surface area (Å²) in [5.41, 5.74) is 3.05. The number of nitrogens with zero attached hydrogens (tertiary/aromatic N) is 2. The number of amides is 1. The lowest BCUT2D eigenvalue weighted by atomic mass is 10.1. The first-order valence-corrected chi connectivity index (χ1v) is 8.43. The Hall–Kier alpha value is -2.99. The monoisotopic (exact) mass is 351 g/mol.